The van der Waals surface area contributed by atoms with Crippen molar-refractivity contribution in [3.05, 3.63) is 92.8 Å². The average Bonchev–Trinajstić information content (AvgIpc) is 3.34. The van der Waals surface area contributed by atoms with Crippen molar-refractivity contribution in [3.8, 4) is 16.9 Å². The second-order valence-corrected chi connectivity index (χ2v) is 13.2. The summed E-state index contributed by atoms with van der Waals surface area (Å²) in [5.41, 5.74) is 0.861. The van der Waals surface area contributed by atoms with E-state index >= 15 is 0 Å². The van der Waals surface area contributed by atoms with Crippen LogP contribution in [0.1, 0.15) is 33.5 Å². The van der Waals surface area contributed by atoms with E-state index in [0.29, 0.717) is 48.8 Å². The van der Waals surface area contributed by atoms with Gasteiger partial charge in [-0.05, 0) is 59.7 Å². The number of carboxylic acids is 1. The Kier molecular flexibility index (Phi) is 12.0. The summed E-state index contributed by atoms with van der Waals surface area (Å²) in [5, 5.41) is 12.0. The summed E-state index contributed by atoms with van der Waals surface area (Å²) in [6.45, 7) is 3.85. The molecule has 0 atom stereocenters. The van der Waals surface area contributed by atoms with Crippen molar-refractivity contribution in [2.75, 3.05) is 46.0 Å². The third-order valence-electron chi connectivity index (χ3n) is 7.77. The lowest BCUT2D eigenvalue weighted by molar-refractivity contribution is -0.137. The third kappa shape index (κ3) is 9.61. The van der Waals surface area contributed by atoms with Gasteiger partial charge in [0.05, 0.1) is 29.2 Å². The molecule has 2 aliphatic heterocycles. The van der Waals surface area contributed by atoms with Crippen LogP contribution in [0.25, 0.3) is 17.2 Å². The van der Waals surface area contributed by atoms with E-state index in [-0.39, 0.29) is 50.8 Å². The third-order valence-corrected chi connectivity index (χ3v) is 9.48. The molecule has 2 fully saturated rings. The van der Waals surface area contributed by atoms with Gasteiger partial charge in [0, 0.05) is 55.3 Å². The van der Waals surface area contributed by atoms with Gasteiger partial charge >= 0.3 is 12.1 Å². The predicted molar refractivity (Wildman–Crippen MR) is 184 cm³/mol. The van der Waals surface area contributed by atoms with Crippen molar-refractivity contribution in [2.45, 2.75) is 19.1 Å². The number of benzene rings is 3. The molecule has 0 unspecified atom stereocenters. The van der Waals surface area contributed by atoms with Crippen molar-refractivity contribution in [2.24, 2.45) is 0 Å². The normalized spacial score (nSPS) is 16.3. The fraction of sp³-hybridized carbons (Fsp3) is 0.294. The molecule has 0 radical (unpaired) electrons. The maximum absolute atomic E-state index is 13.5. The lowest BCUT2D eigenvalue weighted by Crippen LogP contribution is -2.38. The molecule has 2 N–H and O–H groups in total. The molecule has 0 aliphatic carbocycles. The van der Waals surface area contributed by atoms with E-state index in [0.717, 1.165) is 37.0 Å². The number of carbonyl (C=O) groups is 3. The largest absolute Gasteiger partial charge is 0.492 e. The van der Waals surface area contributed by atoms with Gasteiger partial charge in [0.25, 0.3) is 5.91 Å². The molecule has 49 heavy (non-hydrogen) atoms. The van der Waals surface area contributed by atoms with Crippen molar-refractivity contribution < 1.29 is 42.1 Å². The fourth-order valence-corrected chi connectivity index (χ4v) is 6.67. The number of nitrogens with one attached hydrogen (secondary N) is 1. The van der Waals surface area contributed by atoms with E-state index in [1.807, 2.05) is 0 Å². The summed E-state index contributed by atoms with van der Waals surface area (Å²) in [4.78, 5) is 41.0. The minimum absolute atomic E-state index is 0.00575. The van der Waals surface area contributed by atoms with E-state index < -0.39 is 23.6 Å². The Morgan fingerprint density at radius 3 is 2.59 bits per heavy atom. The van der Waals surface area contributed by atoms with E-state index in [9.17, 15) is 32.7 Å². The lowest BCUT2D eigenvalue weighted by Gasteiger charge is -2.26. The quantitative estimate of drug-likeness (QED) is 0.163. The molecule has 0 spiro atoms. The molecule has 0 bridgehead atoms. The van der Waals surface area contributed by atoms with Crippen LogP contribution in [-0.4, -0.2) is 83.0 Å². The highest BCUT2D eigenvalue weighted by Gasteiger charge is 2.33. The van der Waals surface area contributed by atoms with Crippen LogP contribution < -0.4 is 10.1 Å². The molecule has 5 rings (SSSR count). The summed E-state index contributed by atoms with van der Waals surface area (Å²) < 4.78 is 52.3. The van der Waals surface area contributed by atoms with Gasteiger partial charge in [-0.1, -0.05) is 53.8 Å². The Balaban J connectivity index is 1.32. The number of hydrogen-bond donors (Lipinski definition) is 2. The van der Waals surface area contributed by atoms with Crippen LogP contribution in [-0.2, 0) is 27.0 Å². The topological polar surface area (TPSA) is 108 Å². The number of ether oxygens (including phenoxy) is 2. The molecule has 3 aromatic rings. The highest BCUT2D eigenvalue weighted by Crippen LogP contribution is 2.39. The number of carbonyl (C=O) groups excluding carboxylic acids is 2. The maximum atomic E-state index is 13.5. The summed E-state index contributed by atoms with van der Waals surface area (Å²) in [6, 6.07) is 14.1. The Morgan fingerprint density at radius 2 is 1.86 bits per heavy atom. The number of amides is 2. The molecule has 2 aliphatic rings. The molecule has 3 aromatic carbocycles. The van der Waals surface area contributed by atoms with Crippen LogP contribution in [0.3, 0.4) is 0 Å². The van der Waals surface area contributed by atoms with Gasteiger partial charge in [0.2, 0.25) is 5.91 Å². The number of thiocarbonyl (C=S) groups is 1. The van der Waals surface area contributed by atoms with Gasteiger partial charge in [0.1, 0.15) is 16.7 Å². The number of thioether (sulfide) groups is 1. The molecule has 0 aromatic heterocycles. The fourth-order valence-electron chi connectivity index (χ4n) is 5.14. The molecule has 0 saturated carbocycles. The minimum Gasteiger partial charge on any atom is -0.492 e. The SMILES string of the molecule is O=C(CCN1C(=O)C(=Cc2cc(-c3cc(C(F)(F)F)ccc3Cl)ccc2OCCN2CCOCC2)SC1=S)NCc1cccc(C(=O)O)c1. The van der Waals surface area contributed by atoms with Crippen LogP contribution in [0.4, 0.5) is 13.2 Å². The smallest absolute Gasteiger partial charge is 0.416 e. The lowest BCUT2D eigenvalue weighted by atomic mass is 9.99. The zero-order valence-corrected chi connectivity index (χ0v) is 28.3. The van der Waals surface area contributed by atoms with E-state index in [1.165, 1.54) is 23.1 Å². The molecule has 2 amide bonds. The summed E-state index contributed by atoms with van der Waals surface area (Å²) in [7, 11) is 0. The molecule has 258 valence electrons. The van der Waals surface area contributed by atoms with Crippen LogP contribution in [0, 0.1) is 0 Å². The highest BCUT2D eigenvalue weighted by atomic mass is 35.5. The van der Waals surface area contributed by atoms with Crippen LogP contribution in [0.2, 0.25) is 5.02 Å². The number of alkyl halides is 3. The highest BCUT2D eigenvalue weighted by molar-refractivity contribution is 8.26. The van der Waals surface area contributed by atoms with Gasteiger partial charge in [-0.2, -0.15) is 13.2 Å². The predicted octanol–water partition coefficient (Wildman–Crippen LogP) is 6.34. The number of carboxylic acid groups (broad SMARTS) is 1. The molecular formula is C34H31ClF3N3O6S2. The van der Waals surface area contributed by atoms with Gasteiger partial charge in [-0.25, -0.2) is 4.79 Å². The van der Waals surface area contributed by atoms with Gasteiger partial charge in [0.15, 0.2) is 0 Å². The standard InChI is InChI=1S/C34H31ClF3N3O6S2/c35-27-6-5-25(34(36,37)38)19-26(27)22-4-7-28(47-15-12-40-10-13-46-14-11-40)24(17-22)18-29-31(43)41(33(48)49-29)9-8-30(42)39-20-21-2-1-3-23(16-21)32(44)45/h1-7,16-19H,8-15,20H2,(H,39,42)(H,44,45). The van der Waals surface area contributed by atoms with E-state index in [2.05, 4.69) is 10.2 Å². The first-order valence-corrected chi connectivity index (χ1v) is 16.8. The van der Waals surface area contributed by atoms with Crippen LogP contribution in [0.5, 0.6) is 5.75 Å². The van der Waals surface area contributed by atoms with Gasteiger partial charge in [-0.15, -0.1) is 0 Å². The van der Waals surface area contributed by atoms with Crippen LogP contribution in [0.15, 0.2) is 65.6 Å². The van der Waals surface area contributed by atoms with Crippen molar-refractivity contribution in [1.82, 2.24) is 15.1 Å². The monoisotopic (exact) mass is 733 g/mol. The molecule has 2 heterocycles. The van der Waals surface area contributed by atoms with E-state index in [4.69, 9.17) is 33.3 Å². The minimum atomic E-state index is -4.57. The molecule has 15 heteroatoms. The second kappa shape index (κ2) is 16.2. The Hall–Kier alpha value is -3.95. The maximum Gasteiger partial charge on any atom is 0.416 e. The second-order valence-electron chi connectivity index (χ2n) is 11.1. The number of nitrogens with zero attached hydrogens (tertiary/aromatic N) is 2. The van der Waals surface area contributed by atoms with Crippen molar-refractivity contribution >= 4 is 63.8 Å². The summed E-state index contributed by atoms with van der Waals surface area (Å²) in [6.07, 6.45) is -3.05. The van der Waals surface area contributed by atoms with Crippen molar-refractivity contribution in [1.29, 1.82) is 0 Å². The molecular weight excluding hydrogens is 703 g/mol. The zero-order chi connectivity index (χ0) is 35.1. The first-order valence-electron chi connectivity index (χ1n) is 15.2. The number of rotatable bonds is 12. The molecule has 9 nitrogen and oxygen atoms in total. The zero-order valence-electron chi connectivity index (χ0n) is 25.9. The van der Waals surface area contributed by atoms with Crippen LogP contribution >= 0.6 is 35.6 Å². The number of hydrogen-bond acceptors (Lipinski definition) is 8. The molecule has 2 saturated heterocycles. The Morgan fingerprint density at radius 1 is 1.08 bits per heavy atom. The number of morpholine rings is 1. The number of aromatic carboxylic acids is 1. The Bertz CT molecular complexity index is 1780. The van der Waals surface area contributed by atoms with Crippen molar-refractivity contribution in [3.63, 3.8) is 0 Å². The first-order chi connectivity index (χ1) is 23.4. The number of halogens is 4. The van der Waals surface area contributed by atoms with Gasteiger partial charge < -0.3 is 19.9 Å². The van der Waals surface area contributed by atoms with Gasteiger partial charge in [-0.3, -0.25) is 19.4 Å². The Labute approximate surface area is 295 Å². The summed E-state index contributed by atoms with van der Waals surface area (Å²) >= 11 is 12.8. The summed E-state index contributed by atoms with van der Waals surface area (Å²) in [5.74, 6) is -1.45. The average molecular weight is 734 g/mol. The first kappa shape index (κ1) is 36.3. The van der Waals surface area contributed by atoms with E-state index in [1.54, 1.807) is 36.4 Å².